The van der Waals surface area contributed by atoms with E-state index in [1.54, 1.807) is 6.08 Å². The van der Waals surface area contributed by atoms with Gasteiger partial charge in [0.05, 0.1) is 12.2 Å². The van der Waals surface area contributed by atoms with Crippen molar-refractivity contribution in [3.63, 3.8) is 0 Å². The number of hydrogen-bond donors (Lipinski definition) is 1. The number of nitrogens with zero attached hydrogens (tertiary/aromatic N) is 2. The summed E-state index contributed by atoms with van der Waals surface area (Å²) >= 11 is 12.5. The molecule has 0 bridgehead atoms. The number of ether oxygens (including phenoxy) is 1. The number of amides is 1. The molecule has 1 N–H and O–H groups in total. The third-order valence-corrected chi connectivity index (χ3v) is 4.89. The highest BCUT2D eigenvalue weighted by molar-refractivity contribution is 6.35. The number of benzene rings is 1. The monoisotopic (exact) mass is 409 g/mol. The van der Waals surface area contributed by atoms with Crippen molar-refractivity contribution in [3.8, 4) is 0 Å². The normalized spacial score (nSPS) is 11.3. The van der Waals surface area contributed by atoms with Gasteiger partial charge < -0.3 is 10.1 Å². The minimum absolute atomic E-state index is 0.132. The summed E-state index contributed by atoms with van der Waals surface area (Å²) in [5.74, 6) is -0.132. The van der Waals surface area contributed by atoms with E-state index < -0.39 is 0 Å². The Kier molecular flexibility index (Phi) is 8.35. The van der Waals surface area contributed by atoms with Crippen LogP contribution in [0.2, 0.25) is 10.0 Å². The first-order valence-electron chi connectivity index (χ1n) is 8.94. The van der Waals surface area contributed by atoms with E-state index >= 15 is 0 Å². The molecule has 27 heavy (non-hydrogen) atoms. The number of nitrogens with one attached hydrogen (secondary N) is 1. The highest BCUT2D eigenvalue weighted by Crippen LogP contribution is 2.26. The maximum atomic E-state index is 12.0. The molecular weight excluding hydrogens is 385 g/mol. The van der Waals surface area contributed by atoms with Crippen LogP contribution < -0.4 is 5.32 Å². The number of hydrogen-bond acceptors (Lipinski definition) is 3. The molecule has 2 aromatic rings. The van der Waals surface area contributed by atoms with Crippen LogP contribution in [-0.4, -0.2) is 35.4 Å². The smallest absolute Gasteiger partial charge is 0.244 e. The van der Waals surface area contributed by atoms with Gasteiger partial charge in [0.15, 0.2) is 0 Å². The predicted octanol–water partition coefficient (Wildman–Crippen LogP) is 4.41. The Labute approximate surface area is 170 Å². The van der Waals surface area contributed by atoms with Crippen LogP contribution >= 0.6 is 23.2 Å². The van der Waals surface area contributed by atoms with Gasteiger partial charge in [-0.05, 0) is 45.4 Å². The van der Waals surface area contributed by atoms with E-state index in [4.69, 9.17) is 27.9 Å². The van der Waals surface area contributed by atoms with Crippen LogP contribution in [0.15, 0.2) is 24.3 Å². The fraction of sp³-hybridized carbons (Fsp3) is 0.400. The molecule has 0 atom stereocenters. The molecule has 2 rings (SSSR count). The van der Waals surface area contributed by atoms with Gasteiger partial charge in [0.25, 0.3) is 0 Å². The van der Waals surface area contributed by atoms with E-state index in [2.05, 4.69) is 10.4 Å². The van der Waals surface area contributed by atoms with Crippen LogP contribution in [-0.2, 0) is 16.1 Å². The van der Waals surface area contributed by atoms with E-state index in [9.17, 15) is 4.79 Å². The minimum atomic E-state index is -0.132. The van der Waals surface area contributed by atoms with Crippen molar-refractivity contribution in [2.24, 2.45) is 0 Å². The summed E-state index contributed by atoms with van der Waals surface area (Å²) in [6.07, 6.45) is 4.12. The molecule has 0 aliphatic carbocycles. The standard InChI is InChI=1S/C20H25Cl2N3O2/c1-4-27-12-6-11-23-20(26)10-9-16-14(2)24-25(15(16)3)13-17-18(21)7-5-8-19(17)22/h5,7-10H,4,6,11-13H2,1-3H3,(H,23,26). The molecule has 5 nitrogen and oxygen atoms in total. The molecule has 0 spiro atoms. The van der Waals surface area contributed by atoms with Gasteiger partial charge >= 0.3 is 0 Å². The summed E-state index contributed by atoms with van der Waals surface area (Å²) in [7, 11) is 0. The van der Waals surface area contributed by atoms with Gasteiger partial charge in [0.1, 0.15) is 0 Å². The van der Waals surface area contributed by atoms with E-state index in [0.29, 0.717) is 36.3 Å². The molecule has 0 fully saturated rings. The second kappa shape index (κ2) is 10.5. The van der Waals surface area contributed by atoms with E-state index in [1.165, 1.54) is 6.08 Å². The van der Waals surface area contributed by atoms with Crippen molar-refractivity contribution in [3.05, 3.63) is 56.8 Å². The highest BCUT2D eigenvalue weighted by Gasteiger charge is 2.13. The topological polar surface area (TPSA) is 56.1 Å². The first-order valence-corrected chi connectivity index (χ1v) is 9.70. The lowest BCUT2D eigenvalue weighted by atomic mass is 10.1. The fourth-order valence-corrected chi connectivity index (χ4v) is 3.20. The molecule has 0 saturated carbocycles. The molecule has 0 aliphatic rings. The molecule has 146 valence electrons. The number of carbonyl (C=O) groups is 1. The Hall–Kier alpha value is -1.82. The van der Waals surface area contributed by atoms with Gasteiger partial charge in [0, 0.05) is 52.7 Å². The van der Waals surface area contributed by atoms with E-state index in [-0.39, 0.29) is 5.91 Å². The first kappa shape index (κ1) is 21.5. The van der Waals surface area contributed by atoms with Crippen molar-refractivity contribution in [1.29, 1.82) is 0 Å². The molecule has 0 saturated heterocycles. The molecule has 1 aromatic heterocycles. The molecule has 0 aliphatic heterocycles. The van der Waals surface area contributed by atoms with Crippen molar-refractivity contribution >= 4 is 35.2 Å². The van der Waals surface area contributed by atoms with Crippen molar-refractivity contribution in [2.75, 3.05) is 19.8 Å². The van der Waals surface area contributed by atoms with Crippen LogP contribution in [0.3, 0.4) is 0 Å². The fourth-order valence-electron chi connectivity index (χ4n) is 2.69. The van der Waals surface area contributed by atoms with Gasteiger partial charge in [-0.15, -0.1) is 0 Å². The van der Waals surface area contributed by atoms with Crippen LogP contribution in [0, 0.1) is 13.8 Å². The summed E-state index contributed by atoms with van der Waals surface area (Å²) in [6.45, 7) is 8.23. The minimum Gasteiger partial charge on any atom is -0.382 e. The SMILES string of the molecule is CCOCCCNC(=O)C=Cc1c(C)nn(Cc2c(Cl)cccc2Cl)c1C. The van der Waals surface area contributed by atoms with Crippen LogP contribution in [0.4, 0.5) is 0 Å². The average molecular weight is 410 g/mol. The van der Waals surface area contributed by atoms with Gasteiger partial charge in [-0.3, -0.25) is 9.48 Å². The number of aryl methyl sites for hydroxylation is 1. The Balaban J connectivity index is 2.04. The zero-order valence-electron chi connectivity index (χ0n) is 15.9. The van der Waals surface area contributed by atoms with Gasteiger partial charge in [-0.2, -0.15) is 5.10 Å². The maximum Gasteiger partial charge on any atom is 0.244 e. The van der Waals surface area contributed by atoms with E-state index in [0.717, 1.165) is 28.9 Å². The number of carbonyl (C=O) groups excluding carboxylic acids is 1. The van der Waals surface area contributed by atoms with Crippen LogP contribution in [0.5, 0.6) is 0 Å². The molecule has 1 heterocycles. The lowest BCUT2D eigenvalue weighted by Gasteiger charge is -2.09. The molecular formula is C20H25Cl2N3O2. The van der Waals surface area contributed by atoms with Crippen molar-refractivity contribution in [2.45, 2.75) is 33.7 Å². The molecule has 7 heteroatoms. The Bertz CT molecular complexity index is 796. The summed E-state index contributed by atoms with van der Waals surface area (Å²) < 4.78 is 7.09. The van der Waals surface area contributed by atoms with Crippen molar-refractivity contribution < 1.29 is 9.53 Å². The Morgan fingerprint density at radius 1 is 1.30 bits per heavy atom. The summed E-state index contributed by atoms with van der Waals surface area (Å²) in [5, 5.41) is 8.63. The summed E-state index contributed by atoms with van der Waals surface area (Å²) in [4.78, 5) is 12.0. The quantitative estimate of drug-likeness (QED) is 0.492. The number of rotatable bonds is 9. The van der Waals surface area contributed by atoms with Crippen LogP contribution in [0.25, 0.3) is 6.08 Å². The maximum absolute atomic E-state index is 12.0. The molecule has 0 radical (unpaired) electrons. The highest BCUT2D eigenvalue weighted by atomic mass is 35.5. The predicted molar refractivity (Wildman–Crippen MR) is 110 cm³/mol. The lowest BCUT2D eigenvalue weighted by Crippen LogP contribution is -2.23. The van der Waals surface area contributed by atoms with Gasteiger partial charge in [0.2, 0.25) is 5.91 Å². The first-order chi connectivity index (χ1) is 12.9. The number of aromatic nitrogens is 2. The third-order valence-electron chi connectivity index (χ3n) is 4.18. The second-order valence-electron chi connectivity index (χ2n) is 6.12. The van der Waals surface area contributed by atoms with E-state index in [1.807, 2.05) is 43.7 Å². The molecule has 1 aromatic carbocycles. The van der Waals surface area contributed by atoms with Crippen LogP contribution in [0.1, 0.15) is 35.9 Å². The third kappa shape index (κ3) is 6.09. The molecule has 1 amide bonds. The summed E-state index contributed by atoms with van der Waals surface area (Å²) in [6, 6.07) is 5.44. The van der Waals surface area contributed by atoms with Gasteiger partial charge in [-0.25, -0.2) is 0 Å². The van der Waals surface area contributed by atoms with Gasteiger partial charge in [-0.1, -0.05) is 29.3 Å². The lowest BCUT2D eigenvalue weighted by molar-refractivity contribution is -0.116. The Morgan fingerprint density at radius 3 is 2.67 bits per heavy atom. The number of halogens is 2. The Morgan fingerprint density at radius 2 is 2.00 bits per heavy atom. The van der Waals surface area contributed by atoms with Crippen molar-refractivity contribution in [1.82, 2.24) is 15.1 Å². The second-order valence-corrected chi connectivity index (χ2v) is 6.93. The largest absolute Gasteiger partial charge is 0.382 e. The summed E-state index contributed by atoms with van der Waals surface area (Å²) in [5.41, 5.74) is 3.54. The zero-order valence-corrected chi connectivity index (χ0v) is 17.4. The molecule has 0 unspecified atom stereocenters. The zero-order chi connectivity index (χ0) is 19.8. The average Bonchev–Trinajstić information content (AvgIpc) is 2.89.